The Morgan fingerprint density at radius 2 is 1.89 bits per heavy atom. The van der Waals surface area contributed by atoms with Gasteiger partial charge in [0, 0.05) is 27.6 Å². The van der Waals surface area contributed by atoms with Gasteiger partial charge in [0.1, 0.15) is 0 Å². The van der Waals surface area contributed by atoms with Crippen molar-refractivity contribution >= 4 is 39.9 Å². The molecule has 0 atom stereocenters. The highest BCUT2D eigenvalue weighted by molar-refractivity contribution is 14.1. The van der Waals surface area contributed by atoms with Gasteiger partial charge in [0.2, 0.25) is 0 Å². The Labute approximate surface area is 120 Å². The molecule has 2 rings (SSSR count). The van der Waals surface area contributed by atoms with Crippen LogP contribution in [0.2, 0.25) is 0 Å². The zero-order valence-electron chi connectivity index (χ0n) is 9.93. The Morgan fingerprint density at radius 3 is 2.56 bits per heavy atom. The fourth-order valence-electron chi connectivity index (χ4n) is 1.67. The molecule has 1 amide bonds. The van der Waals surface area contributed by atoms with Gasteiger partial charge in [-0.1, -0.05) is 12.1 Å². The molecule has 2 aromatic rings. The van der Waals surface area contributed by atoms with Gasteiger partial charge in [0.05, 0.1) is 0 Å². The maximum absolute atomic E-state index is 12.3. The van der Waals surface area contributed by atoms with Crippen LogP contribution in [0, 0.1) is 3.57 Å². The van der Waals surface area contributed by atoms with Crippen LogP contribution >= 0.6 is 22.6 Å². The molecular formula is C14H13IN2O. The number of hydrogen-bond acceptors (Lipinski definition) is 2. The molecule has 0 aliphatic rings. The summed E-state index contributed by atoms with van der Waals surface area (Å²) in [7, 11) is 1.75. The summed E-state index contributed by atoms with van der Waals surface area (Å²) in [5.74, 6) is -0.0425. The third-order valence-corrected chi connectivity index (χ3v) is 3.30. The Hall–Kier alpha value is -1.56. The van der Waals surface area contributed by atoms with Crippen molar-refractivity contribution in [2.75, 3.05) is 17.7 Å². The molecule has 18 heavy (non-hydrogen) atoms. The highest BCUT2D eigenvalue weighted by atomic mass is 127. The number of nitrogen functional groups attached to an aromatic ring is 1. The molecule has 0 fully saturated rings. The second-order valence-electron chi connectivity index (χ2n) is 3.97. The van der Waals surface area contributed by atoms with E-state index >= 15 is 0 Å². The molecule has 92 valence electrons. The number of carbonyl (C=O) groups is 1. The predicted octanol–water partition coefficient (Wildman–Crippen LogP) is 3.15. The summed E-state index contributed by atoms with van der Waals surface area (Å²) in [6, 6.07) is 14.8. The van der Waals surface area contributed by atoms with Crippen molar-refractivity contribution in [1.82, 2.24) is 0 Å². The lowest BCUT2D eigenvalue weighted by Crippen LogP contribution is -2.26. The number of rotatable bonds is 2. The van der Waals surface area contributed by atoms with Crippen LogP contribution in [0.15, 0.2) is 48.5 Å². The minimum absolute atomic E-state index is 0.0425. The van der Waals surface area contributed by atoms with Crippen molar-refractivity contribution in [2.45, 2.75) is 0 Å². The molecule has 0 bridgehead atoms. The lowest BCUT2D eigenvalue weighted by molar-refractivity contribution is 0.0993. The van der Waals surface area contributed by atoms with Crippen molar-refractivity contribution in [3.63, 3.8) is 0 Å². The summed E-state index contributed by atoms with van der Waals surface area (Å²) in [5.41, 5.74) is 7.83. The summed E-state index contributed by atoms with van der Waals surface area (Å²) >= 11 is 2.19. The summed E-state index contributed by atoms with van der Waals surface area (Å²) in [6.07, 6.45) is 0. The molecule has 0 aliphatic heterocycles. The average Bonchev–Trinajstić information content (AvgIpc) is 2.37. The Kier molecular flexibility index (Phi) is 3.86. The lowest BCUT2D eigenvalue weighted by Gasteiger charge is -2.17. The first-order valence-corrected chi connectivity index (χ1v) is 6.55. The van der Waals surface area contributed by atoms with Gasteiger partial charge >= 0.3 is 0 Å². The first kappa shape index (κ1) is 12.9. The van der Waals surface area contributed by atoms with Crippen LogP contribution in [-0.4, -0.2) is 13.0 Å². The van der Waals surface area contributed by atoms with Crippen LogP contribution in [0.3, 0.4) is 0 Å². The van der Waals surface area contributed by atoms with Crippen molar-refractivity contribution in [2.24, 2.45) is 0 Å². The number of benzene rings is 2. The predicted molar refractivity (Wildman–Crippen MR) is 82.7 cm³/mol. The van der Waals surface area contributed by atoms with Gasteiger partial charge in [-0.3, -0.25) is 4.79 Å². The zero-order valence-corrected chi connectivity index (χ0v) is 12.1. The molecule has 0 radical (unpaired) electrons. The standard InChI is InChI=1S/C14H13IN2O/c1-17(13-7-3-6-12(16)9-13)14(18)10-4-2-5-11(15)8-10/h2-9H,16H2,1H3. The van der Waals surface area contributed by atoms with Crippen LogP contribution in [0.4, 0.5) is 11.4 Å². The van der Waals surface area contributed by atoms with E-state index < -0.39 is 0 Å². The van der Waals surface area contributed by atoms with Crippen LogP contribution in [0.1, 0.15) is 10.4 Å². The minimum Gasteiger partial charge on any atom is -0.399 e. The monoisotopic (exact) mass is 352 g/mol. The van der Waals surface area contributed by atoms with E-state index in [4.69, 9.17) is 5.73 Å². The zero-order chi connectivity index (χ0) is 13.1. The van der Waals surface area contributed by atoms with Crippen LogP contribution in [0.25, 0.3) is 0 Å². The molecule has 4 heteroatoms. The Balaban J connectivity index is 2.29. The largest absolute Gasteiger partial charge is 0.399 e. The van der Waals surface area contributed by atoms with Crippen LogP contribution < -0.4 is 10.6 Å². The molecule has 0 saturated carbocycles. The van der Waals surface area contributed by atoms with Gasteiger partial charge < -0.3 is 10.6 Å². The molecule has 0 aromatic heterocycles. The minimum atomic E-state index is -0.0425. The topological polar surface area (TPSA) is 46.3 Å². The number of amides is 1. The van der Waals surface area contributed by atoms with E-state index in [1.165, 1.54) is 0 Å². The van der Waals surface area contributed by atoms with Crippen LogP contribution in [0.5, 0.6) is 0 Å². The van der Waals surface area contributed by atoms with Gasteiger partial charge in [0.25, 0.3) is 5.91 Å². The lowest BCUT2D eigenvalue weighted by atomic mass is 10.2. The maximum atomic E-state index is 12.3. The first-order valence-electron chi connectivity index (χ1n) is 5.47. The van der Waals surface area contributed by atoms with Gasteiger partial charge in [-0.15, -0.1) is 0 Å². The van der Waals surface area contributed by atoms with Crippen molar-refractivity contribution < 1.29 is 4.79 Å². The van der Waals surface area contributed by atoms with Crippen molar-refractivity contribution in [3.8, 4) is 0 Å². The van der Waals surface area contributed by atoms with Gasteiger partial charge in [-0.25, -0.2) is 0 Å². The molecule has 0 aliphatic carbocycles. The molecular weight excluding hydrogens is 339 g/mol. The highest BCUT2D eigenvalue weighted by Gasteiger charge is 2.13. The molecule has 0 unspecified atom stereocenters. The quantitative estimate of drug-likeness (QED) is 0.667. The third-order valence-electron chi connectivity index (χ3n) is 2.63. The van der Waals surface area contributed by atoms with Crippen molar-refractivity contribution in [3.05, 3.63) is 57.7 Å². The first-order chi connectivity index (χ1) is 8.58. The summed E-state index contributed by atoms with van der Waals surface area (Å²) in [5, 5.41) is 0. The number of nitrogens with two attached hydrogens (primary N) is 1. The molecule has 0 saturated heterocycles. The molecule has 2 N–H and O–H groups in total. The van der Waals surface area contributed by atoms with Crippen LogP contribution in [-0.2, 0) is 0 Å². The molecule has 0 spiro atoms. The van der Waals surface area contributed by atoms with Gasteiger partial charge in [-0.2, -0.15) is 0 Å². The fourth-order valence-corrected chi connectivity index (χ4v) is 2.21. The number of halogens is 1. The second kappa shape index (κ2) is 5.39. The second-order valence-corrected chi connectivity index (χ2v) is 5.22. The summed E-state index contributed by atoms with van der Waals surface area (Å²) < 4.78 is 1.04. The van der Waals surface area contributed by atoms with E-state index in [-0.39, 0.29) is 5.91 Å². The summed E-state index contributed by atoms with van der Waals surface area (Å²) in [4.78, 5) is 13.9. The normalized spacial score (nSPS) is 10.1. The van der Waals surface area contributed by atoms with E-state index in [1.807, 2.05) is 36.4 Å². The van der Waals surface area contributed by atoms with E-state index in [1.54, 1.807) is 24.1 Å². The smallest absolute Gasteiger partial charge is 0.258 e. The Bertz CT molecular complexity index is 584. The van der Waals surface area contributed by atoms with E-state index in [9.17, 15) is 4.79 Å². The summed E-state index contributed by atoms with van der Waals surface area (Å²) in [6.45, 7) is 0. The molecule has 3 nitrogen and oxygen atoms in total. The number of anilines is 2. The molecule has 2 aromatic carbocycles. The SMILES string of the molecule is CN(C(=O)c1cccc(I)c1)c1cccc(N)c1. The number of nitrogens with zero attached hydrogens (tertiary/aromatic N) is 1. The fraction of sp³-hybridized carbons (Fsp3) is 0.0714. The molecule has 0 heterocycles. The highest BCUT2D eigenvalue weighted by Crippen LogP contribution is 2.19. The number of carbonyl (C=O) groups excluding carboxylic acids is 1. The van der Waals surface area contributed by atoms with E-state index in [0.717, 1.165) is 9.26 Å². The van der Waals surface area contributed by atoms with Crippen molar-refractivity contribution in [1.29, 1.82) is 0 Å². The van der Waals surface area contributed by atoms with E-state index in [2.05, 4.69) is 22.6 Å². The average molecular weight is 352 g/mol. The maximum Gasteiger partial charge on any atom is 0.258 e. The van der Waals surface area contributed by atoms with Gasteiger partial charge in [-0.05, 0) is 59.0 Å². The van der Waals surface area contributed by atoms with E-state index in [0.29, 0.717) is 11.3 Å². The Morgan fingerprint density at radius 1 is 1.17 bits per heavy atom. The number of hydrogen-bond donors (Lipinski definition) is 1. The third kappa shape index (κ3) is 2.81. The van der Waals surface area contributed by atoms with Gasteiger partial charge in [0.15, 0.2) is 0 Å².